The minimum Gasteiger partial charge on any atom is -0.0879 e. The molecule has 0 aliphatic heterocycles. The lowest BCUT2D eigenvalue weighted by molar-refractivity contribution is 0.337. The molecule has 2 aliphatic carbocycles. The fourth-order valence-corrected chi connectivity index (χ4v) is 2.51. The molecule has 0 heteroatoms. The fourth-order valence-electron chi connectivity index (χ4n) is 2.51. The van der Waals surface area contributed by atoms with Gasteiger partial charge in [0.1, 0.15) is 0 Å². The van der Waals surface area contributed by atoms with Gasteiger partial charge in [0.05, 0.1) is 0 Å². The molecule has 0 amide bonds. The maximum Gasteiger partial charge on any atom is -0.0167 e. The Balaban J connectivity index is 2.09. The summed E-state index contributed by atoms with van der Waals surface area (Å²) in [6.07, 6.45) is 22.0. The standard InChI is InChI=1S/C14H20/c1-2-4-6-10-14-12-8-7-11-13(14)9-5-3-1/h1,3,5-6,9-10,13-14H,2,4,7-8,11-12H2/b3-1-,9-5+,10-6+/t13-,14-/m0/s1. The van der Waals surface area contributed by atoms with Crippen molar-refractivity contribution in [1.29, 1.82) is 0 Å². The third-order valence-corrected chi connectivity index (χ3v) is 3.36. The molecule has 2 aliphatic rings. The Hall–Kier alpha value is -0.780. The van der Waals surface area contributed by atoms with Crippen LogP contribution in [0.15, 0.2) is 36.5 Å². The number of hydrogen-bond donors (Lipinski definition) is 0. The molecule has 0 bridgehead atoms. The van der Waals surface area contributed by atoms with Crippen molar-refractivity contribution < 1.29 is 0 Å². The van der Waals surface area contributed by atoms with Gasteiger partial charge >= 0.3 is 0 Å². The van der Waals surface area contributed by atoms with Gasteiger partial charge in [0.15, 0.2) is 0 Å². The van der Waals surface area contributed by atoms with E-state index in [0.717, 1.165) is 11.8 Å². The zero-order valence-electron chi connectivity index (χ0n) is 8.86. The number of hydrogen-bond acceptors (Lipinski definition) is 0. The Morgan fingerprint density at radius 1 is 0.714 bits per heavy atom. The molecular weight excluding hydrogens is 168 g/mol. The van der Waals surface area contributed by atoms with Gasteiger partial charge in [-0.2, -0.15) is 0 Å². The van der Waals surface area contributed by atoms with E-state index in [0.29, 0.717) is 0 Å². The summed E-state index contributed by atoms with van der Waals surface area (Å²) >= 11 is 0. The van der Waals surface area contributed by atoms with E-state index in [4.69, 9.17) is 0 Å². The molecule has 1 saturated carbocycles. The average Bonchev–Trinajstić information content (AvgIpc) is 2.25. The zero-order chi connectivity index (χ0) is 9.64. The zero-order valence-corrected chi connectivity index (χ0v) is 8.86. The molecule has 0 N–H and O–H groups in total. The first-order chi connectivity index (χ1) is 6.97. The maximum atomic E-state index is 2.47. The molecule has 0 saturated heterocycles. The van der Waals surface area contributed by atoms with Crippen molar-refractivity contribution in [1.82, 2.24) is 0 Å². The van der Waals surface area contributed by atoms with Crippen molar-refractivity contribution in [2.24, 2.45) is 11.8 Å². The van der Waals surface area contributed by atoms with Gasteiger partial charge in [-0.3, -0.25) is 0 Å². The van der Waals surface area contributed by atoms with E-state index in [1.165, 1.54) is 38.5 Å². The summed E-state index contributed by atoms with van der Waals surface area (Å²) in [7, 11) is 0. The van der Waals surface area contributed by atoms with Crippen LogP contribution in [0.4, 0.5) is 0 Å². The van der Waals surface area contributed by atoms with Crippen LogP contribution in [0.3, 0.4) is 0 Å². The summed E-state index contributed by atoms with van der Waals surface area (Å²) < 4.78 is 0. The molecule has 0 aromatic heterocycles. The second-order valence-electron chi connectivity index (χ2n) is 4.43. The van der Waals surface area contributed by atoms with E-state index < -0.39 is 0 Å². The second-order valence-corrected chi connectivity index (χ2v) is 4.43. The van der Waals surface area contributed by atoms with Gasteiger partial charge < -0.3 is 0 Å². The highest BCUT2D eigenvalue weighted by Crippen LogP contribution is 2.32. The molecule has 1 fully saturated rings. The van der Waals surface area contributed by atoms with Crippen LogP contribution in [-0.2, 0) is 0 Å². The molecule has 0 aromatic carbocycles. The molecule has 0 heterocycles. The minimum absolute atomic E-state index is 0.808. The summed E-state index contributed by atoms with van der Waals surface area (Å²) in [6.45, 7) is 0. The number of fused-ring (bicyclic) bond motifs is 1. The summed E-state index contributed by atoms with van der Waals surface area (Å²) in [5.41, 5.74) is 0. The predicted molar refractivity (Wildman–Crippen MR) is 62.1 cm³/mol. The van der Waals surface area contributed by atoms with Crippen molar-refractivity contribution in [3.05, 3.63) is 36.5 Å². The molecule has 0 spiro atoms. The molecule has 0 unspecified atom stereocenters. The maximum absolute atomic E-state index is 2.47. The van der Waals surface area contributed by atoms with Gasteiger partial charge in [0.2, 0.25) is 0 Å². The van der Waals surface area contributed by atoms with Crippen LogP contribution in [0.25, 0.3) is 0 Å². The van der Waals surface area contributed by atoms with E-state index in [-0.39, 0.29) is 0 Å². The van der Waals surface area contributed by atoms with Crippen molar-refractivity contribution in [2.45, 2.75) is 38.5 Å². The smallest absolute Gasteiger partial charge is 0.0167 e. The van der Waals surface area contributed by atoms with Crippen LogP contribution in [0.2, 0.25) is 0 Å². The number of rotatable bonds is 0. The molecule has 0 radical (unpaired) electrons. The first-order valence-electron chi connectivity index (χ1n) is 5.97. The van der Waals surface area contributed by atoms with Gasteiger partial charge in [-0.15, -0.1) is 0 Å². The van der Waals surface area contributed by atoms with Gasteiger partial charge in [0, 0.05) is 0 Å². The lowest BCUT2D eigenvalue weighted by Crippen LogP contribution is -2.15. The Morgan fingerprint density at radius 3 is 2.29 bits per heavy atom. The van der Waals surface area contributed by atoms with Gasteiger partial charge in [-0.05, 0) is 37.5 Å². The third-order valence-electron chi connectivity index (χ3n) is 3.36. The summed E-state index contributed by atoms with van der Waals surface area (Å²) in [4.78, 5) is 0. The lowest BCUT2D eigenvalue weighted by Gasteiger charge is -2.27. The van der Waals surface area contributed by atoms with Gasteiger partial charge in [-0.1, -0.05) is 49.3 Å². The van der Waals surface area contributed by atoms with Crippen LogP contribution < -0.4 is 0 Å². The quantitative estimate of drug-likeness (QED) is 0.498. The normalized spacial score (nSPS) is 39.4. The topological polar surface area (TPSA) is 0 Å². The van der Waals surface area contributed by atoms with Crippen LogP contribution in [-0.4, -0.2) is 0 Å². The Kier molecular flexibility index (Phi) is 3.62. The van der Waals surface area contributed by atoms with E-state index in [2.05, 4.69) is 36.5 Å². The van der Waals surface area contributed by atoms with Crippen LogP contribution in [0.5, 0.6) is 0 Å². The summed E-state index contributed by atoms with van der Waals surface area (Å²) in [5, 5.41) is 0. The first kappa shape index (κ1) is 9.76. The van der Waals surface area contributed by atoms with Crippen LogP contribution >= 0.6 is 0 Å². The average molecular weight is 188 g/mol. The Labute approximate surface area is 87.4 Å². The van der Waals surface area contributed by atoms with E-state index in [1.807, 2.05) is 0 Å². The van der Waals surface area contributed by atoms with Crippen molar-refractivity contribution in [3.8, 4) is 0 Å². The van der Waals surface area contributed by atoms with E-state index >= 15 is 0 Å². The summed E-state index contributed by atoms with van der Waals surface area (Å²) in [6, 6.07) is 0. The molecular formula is C14H20. The highest BCUT2D eigenvalue weighted by atomic mass is 14.2. The molecule has 0 nitrogen and oxygen atoms in total. The Bertz CT molecular complexity index is 245. The van der Waals surface area contributed by atoms with Gasteiger partial charge in [0.25, 0.3) is 0 Å². The van der Waals surface area contributed by atoms with E-state index in [9.17, 15) is 0 Å². The third kappa shape index (κ3) is 2.60. The largest absolute Gasteiger partial charge is 0.0879 e. The molecule has 2 rings (SSSR count). The molecule has 14 heavy (non-hydrogen) atoms. The van der Waals surface area contributed by atoms with Crippen LogP contribution in [0, 0.1) is 11.8 Å². The Morgan fingerprint density at radius 2 is 1.43 bits per heavy atom. The molecule has 76 valence electrons. The van der Waals surface area contributed by atoms with Gasteiger partial charge in [-0.25, -0.2) is 0 Å². The monoisotopic (exact) mass is 188 g/mol. The molecule has 2 atom stereocenters. The predicted octanol–water partition coefficient (Wildman–Crippen LogP) is 4.26. The van der Waals surface area contributed by atoms with Crippen molar-refractivity contribution >= 4 is 0 Å². The molecule has 0 aromatic rings. The number of allylic oxidation sites excluding steroid dienone is 6. The summed E-state index contributed by atoms with van der Waals surface area (Å²) in [5.74, 6) is 1.63. The van der Waals surface area contributed by atoms with Crippen molar-refractivity contribution in [3.63, 3.8) is 0 Å². The second kappa shape index (κ2) is 5.19. The highest BCUT2D eigenvalue weighted by Gasteiger charge is 2.20. The lowest BCUT2D eigenvalue weighted by atomic mass is 9.78. The highest BCUT2D eigenvalue weighted by molar-refractivity contribution is 5.09. The van der Waals surface area contributed by atoms with E-state index in [1.54, 1.807) is 0 Å². The fraction of sp³-hybridized carbons (Fsp3) is 0.571. The van der Waals surface area contributed by atoms with Crippen LogP contribution in [0.1, 0.15) is 38.5 Å². The minimum atomic E-state index is 0.808. The van der Waals surface area contributed by atoms with Crippen molar-refractivity contribution in [2.75, 3.05) is 0 Å². The first-order valence-corrected chi connectivity index (χ1v) is 5.97. The SMILES string of the molecule is C1=C\CC/C=C/[C@H]2CCCC[C@@H]2/C=C/1.